The van der Waals surface area contributed by atoms with E-state index in [-0.39, 0.29) is 23.6 Å². The molecule has 1 N–H and O–H groups in total. The maximum atomic E-state index is 14.2. The van der Waals surface area contributed by atoms with Crippen LogP contribution in [0.1, 0.15) is 11.3 Å². The smallest absolute Gasteiger partial charge is 0.435 e. The van der Waals surface area contributed by atoms with Crippen molar-refractivity contribution in [3.63, 3.8) is 0 Å². The molecule has 0 saturated heterocycles. The maximum Gasteiger partial charge on any atom is 0.435 e. The van der Waals surface area contributed by atoms with Gasteiger partial charge in [-0.25, -0.2) is 9.37 Å². The van der Waals surface area contributed by atoms with Crippen LogP contribution in [-0.2, 0) is 19.8 Å². The van der Waals surface area contributed by atoms with Crippen molar-refractivity contribution < 1.29 is 22.3 Å². The normalized spacial score (nSPS) is 11.6. The maximum absolute atomic E-state index is 14.2. The Bertz CT molecular complexity index is 1510. The molecule has 7 nitrogen and oxygen atoms in total. The Labute approximate surface area is 202 Å². The Balaban J connectivity index is 1.56. The van der Waals surface area contributed by atoms with Gasteiger partial charge in [0.25, 0.3) is 0 Å². The molecule has 3 heterocycles. The van der Waals surface area contributed by atoms with Crippen LogP contribution < -0.4 is 4.74 Å². The number of aryl methyl sites for hydroxylation is 1. The molecule has 0 fully saturated rings. The summed E-state index contributed by atoms with van der Waals surface area (Å²) in [5.74, 6) is -0.188. The first kappa shape index (κ1) is 23.2. The number of aromatic nitrogens is 6. The molecule has 0 amide bonds. The van der Waals surface area contributed by atoms with Crippen LogP contribution >= 0.6 is 0 Å². The highest BCUT2D eigenvalue weighted by molar-refractivity contribution is 5.82. The minimum Gasteiger partial charge on any atom is -0.488 e. The zero-order chi connectivity index (χ0) is 25.3. The highest BCUT2D eigenvalue weighted by Crippen LogP contribution is 2.39. The van der Waals surface area contributed by atoms with E-state index in [1.165, 1.54) is 30.5 Å². The highest BCUT2D eigenvalue weighted by atomic mass is 19.4. The van der Waals surface area contributed by atoms with Gasteiger partial charge in [0.2, 0.25) is 0 Å². The molecule has 182 valence electrons. The van der Waals surface area contributed by atoms with E-state index in [4.69, 9.17) is 4.74 Å². The van der Waals surface area contributed by atoms with Crippen molar-refractivity contribution in [1.82, 2.24) is 29.9 Å². The number of nitrogens with zero attached hydrogens (tertiary/aromatic N) is 5. The first-order valence-corrected chi connectivity index (χ1v) is 10.7. The van der Waals surface area contributed by atoms with Gasteiger partial charge in [0, 0.05) is 30.4 Å². The van der Waals surface area contributed by atoms with Gasteiger partial charge in [0.15, 0.2) is 5.69 Å². The number of ether oxygens (including phenoxy) is 1. The summed E-state index contributed by atoms with van der Waals surface area (Å²) in [5, 5.41) is 8.83. The van der Waals surface area contributed by atoms with Crippen molar-refractivity contribution >= 4 is 0 Å². The Kier molecular flexibility index (Phi) is 5.96. The molecule has 0 bridgehead atoms. The number of halogens is 4. The second kappa shape index (κ2) is 9.25. The number of rotatable bonds is 6. The fourth-order valence-corrected chi connectivity index (χ4v) is 3.82. The van der Waals surface area contributed by atoms with Crippen LogP contribution in [0.2, 0.25) is 0 Å². The SMILES string of the molecule is Cn1cnc(-c2cc(-c3nn[nH]c3C(F)(F)F)ccn2)c1-c1ccc(F)cc1OCc1ccccc1. The van der Waals surface area contributed by atoms with E-state index in [9.17, 15) is 17.6 Å². The van der Waals surface area contributed by atoms with Crippen molar-refractivity contribution in [1.29, 1.82) is 0 Å². The number of H-pyrrole nitrogens is 1. The predicted octanol–water partition coefficient (Wildman–Crippen LogP) is 5.67. The van der Waals surface area contributed by atoms with E-state index < -0.39 is 17.7 Å². The molecule has 36 heavy (non-hydrogen) atoms. The van der Waals surface area contributed by atoms with Crippen LogP contribution in [0.3, 0.4) is 0 Å². The number of imidazole rings is 1. The van der Waals surface area contributed by atoms with Crippen LogP contribution in [0, 0.1) is 5.82 Å². The van der Waals surface area contributed by atoms with Crippen LogP contribution in [0.15, 0.2) is 73.2 Å². The standard InChI is InChI=1S/C25H18F4N6O/c1-35-14-31-22(19-11-16(9-10-30-19)21-24(25(27,28)29)33-34-32-21)23(35)18-8-7-17(26)12-20(18)36-13-15-5-3-2-4-6-15/h2-12,14H,13H2,1H3,(H,32,33,34). The molecule has 2 aromatic carbocycles. The number of hydrogen-bond donors (Lipinski definition) is 1. The summed E-state index contributed by atoms with van der Waals surface area (Å²) in [4.78, 5) is 8.74. The fourth-order valence-electron chi connectivity index (χ4n) is 3.82. The first-order valence-electron chi connectivity index (χ1n) is 10.7. The summed E-state index contributed by atoms with van der Waals surface area (Å²) in [5.41, 5.74) is 1.45. The molecule has 3 aromatic heterocycles. The summed E-state index contributed by atoms with van der Waals surface area (Å²) >= 11 is 0. The van der Waals surface area contributed by atoms with Crippen molar-refractivity contribution in [3.8, 4) is 39.7 Å². The molecule has 0 spiro atoms. The summed E-state index contributed by atoms with van der Waals surface area (Å²) < 4.78 is 61.9. The molecule has 5 rings (SSSR count). The van der Waals surface area contributed by atoms with E-state index in [1.54, 1.807) is 24.0 Å². The molecule has 5 aromatic rings. The summed E-state index contributed by atoms with van der Waals surface area (Å²) in [7, 11) is 1.75. The van der Waals surface area contributed by atoms with Gasteiger partial charge >= 0.3 is 6.18 Å². The summed E-state index contributed by atoms with van der Waals surface area (Å²) in [6.45, 7) is 0.213. The van der Waals surface area contributed by atoms with Gasteiger partial charge in [0.05, 0.1) is 17.7 Å². The molecule has 0 radical (unpaired) electrons. The topological polar surface area (TPSA) is 81.5 Å². The van der Waals surface area contributed by atoms with Gasteiger partial charge < -0.3 is 9.30 Å². The Morgan fingerprint density at radius 3 is 2.56 bits per heavy atom. The lowest BCUT2D eigenvalue weighted by Crippen LogP contribution is -2.07. The van der Waals surface area contributed by atoms with Crippen molar-refractivity contribution in [3.05, 3.63) is 90.3 Å². The zero-order valence-electron chi connectivity index (χ0n) is 18.8. The average Bonchev–Trinajstić information content (AvgIpc) is 3.51. The summed E-state index contributed by atoms with van der Waals surface area (Å²) in [6, 6.07) is 16.4. The van der Waals surface area contributed by atoms with Gasteiger partial charge in [-0.15, -0.1) is 5.10 Å². The Morgan fingerprint density at radius 1 is 0.972 bits per heavy atom. The van der Waals surface area contributed by atoms with Crippen molar-refractivity contribution in [2.45, 2.75) is 12.8 Å². The first-order chi connectivity index (χ1) is 17.3. The molecular weight excluding hydrogens is 476 g/mol. The molecule has 0 aliphatic rings. The number of aromatic amines is 1. The highest BCUT2D eigenvalue weighted by Gasteiger charge is 2.37. The van der Waals surface area contributed by atoms with E-state index in [2.05, 4.69) is 20.3 Å². The van der Waals surface area contributed by atoms with Gasteiger partial charge in [-0.1, -0.05) is 35.5 Å². The lowest BCUT2D eigenvalue weighted by atomic mass is 10.0. The second-order valence-corrected chi connectivity index (χ2v) is 7.93. The number of benzene rings is 2. The van der Waals surface area contributed by atoms with Crippen LogP contribution in [-0.4, -0.2) is 29.9 Å². The van der Waals surface area contributed by atoms with Crippen LogP contribution in [0.4, 0.5) is 17.6 Å². The van der Waals surface area contributed by atoms with E-state index >= 15 is 0 Å². The molecule has 0 aliphatic carbocycles. The molecular formula is C25H18F4N6O. The van der Waals surface area contributed by atoms with Crippen LogP contribution in [0.25, 0.3) is 33.9 Å². The Morgan fingerprint density at radius 2 is 1.78 bits per heavy atom. The minimum absolute atomic E-state index is 0.164. The quantitative estimate of drug-likeness (QED) is 0.308. The molecule has 0 unspecified atom stereocenters. The fraction of sp³-hybridized carbons (Fsp3) is 0.120. The third-order valence-corrected chi connectivity index (χ3v) is 5.48. The number of nitrogens with one attached hydrogen (secondary N) is 1. The third-order valence-electron chi connectivity index (χ3n) is 5.48. The number of hydrogen-bond acceptors (Lipinski definition) is 5. The van der Waals surface area contributed by atoms with E-state index in [0.717, 1.165) is 5.56 Å². The van der Waals surface area contributed by atoms with Gasteiger partial charge in [-0.3, -0.25) is 10.1 Å². The monoisotopic (exact) mass is 494 g/mol. The van der Waals surface area contributed by atoms with Crippen LogP contribution in [0.5, 0.6) is 5.75 Å². The largest absolute Gasteiger partial charge is 0.488 e. The number of pyridine rings is 1. The summed E-state index contributed by atoms with van der Waals surface area (Å²) in [6.07, 6.45) is -1.74. The molecule has 11 heteroatoms. The average molecular weight is 494 g/mol. The predicted molar refractivity (Wildman–Crippen MR) is 123 cm³/mol. The van der Waals surface area contributed by atoms with Gasteiger partial charge in [-0.2, -0.15) is 13.2 Å². The lowest BCUT2D eigenvalue weighted by Gasteiger charge is -2.14. The van der Waals surface area contributed by atoms with Crippen molar-refractivity contribution in [2.75, 3.05) is 0 Å². The van der Waals surface area contributed by atoms with E-state index in [0.29, 0.717) is 22.6 Å². The van der Waals surface area contributed by atoms with Gasteiger partial charge in [0.1, 0.15) is 29.6 Å². The molecule has 0 atom stereocenters. The zero-order valence-corrected chi connectivity index (χ0v) is 18.8. The Hall–Kier alpha value is -4.54. The second-order valence-electron chi connectivity index (χ2n) is 7.93. The molecule has 0 aliphatic heterocycles. The third kappa shape index (κ3) is 4.54. The van der Waals surface area contributed by atoms with Gasteiger partial charge in [-0.05, 0) is 29.8 Å². The molecule has 0 saturated carbocycles. The minimum atomic E-state index is -4.66. The van der Waals surface area contributed by atoms with Crippen molar-refractivity contribution in [2.24, 2.45) is 7.05 Å². The number of alkyl halides is 3. The van der Waals surface area contributed by atoms with E-state index in [1.807, 2.05) is 35.4 Å². The lowest BCUT2D eigenvalue weighted by molar-refractivity contribution is -0.140.